The summed E-state index contributed by atoms with van der Waals surface area (Å²) in [6.07, 6.45) is 3.84. The number of aromatic nitrogens is 4. The van der Waals surface area contributed by atoms with Crippen molar-refractivity contribution >= 4 is 17.5 Å². The quantitative estimate of drug-likeness (QED) is 0.330. The maximum atomic E-state index is 12.6. The SMILES string of the molecule is Cc1cccn2cc(COc3cccc(C(=O)NNC(=O)c4cc(-c5ccccc5)n[nH]4)c3)nc12. The van der Waals surface area contributed by atoms with Crippen LogP contribution in [0.2, 0.25) is 0 Å². The second-order valence-corrected chi connectivity index (χ2v) is 7.91. The van der Waals surface area contributed by atoms with E-state index in [-0.39, 0.29) is 12.3 Å². The zero-order valence-corrected chi connectivity index (χ0v) is 18.9. The number of nitrogens with zero attached hydrogens (tertiary/aromatic N) is 3. The number of nitrogens with one attached hydrogen (secondary N) is 3. The van der Waals surface area contributed by atoms with Crippen LogP contribution < -0.4 is 15.6 Å². The number of carbonyl (C=O) groups excluding carboxylic acids is 2. The highest BCUT2D eigenvalue weighted by molar-refractivity contribution is 5.98. The van der Waals surface area contributed by atoms with Crippen LogP contribution in [0.25, 0.3) is 16.9 Å². The fraction of sp³-hybridized carbons (Fsp3) is 0.0769. The first-order chi connectivity index (χ1) is 17.1. The number of carbonyl (C=O) groups is 2. The molecule has 2 aromatic carbocycles. The van der Waals surface area contributed by atoms with E-state index < -0.39 is 11.8 Å². The van der Waals surface area contributed by atoms with Crippen molar-refractivity contribution in [1.29, 1.82) is 0 Å². The molecule has 5 rings (SSSR count). The minimum Gasteiger partial charge on any atom is -0.487 e. The van der Waals surface area contributed by atoms with Gasteiger partial charge in [0.1, 0.15) is 23.7 Å². The monoisotopic (exact) mass is 466 g/mol. The van der Waals surface area contributed by atoms with Crippen LogP contribution in [0.15, 0.2) is 85.2 Å². The van der Waals surface area contributed by atoms with Crippen molar-refractivity contribution in [3.8, 4) is 17.0 Å². The molecule has 0 aliphatic heterocycles. The Morgan fingerprint density at radius 3 is 2.63 bits per heavy atom. The lowest BCUT2D eigenvalue weighted by molar-refractivity contribution is 0.0843. The second kappa shape index (κ2) is 9.52. The number of imidazole rings is 1. The lowest BCUT2D eigenvalue weighted by Crippen LogP contribution is -2.41. The Morgan fingerprint density at radius 2 is 1.80 bits per heavy atom. The summed E-state index contributed by atoms with van der Waals surface area (Å²) in [6.45, 7) is 2.26. The third-order valence-electron chi connectivity index (χ3n) is 5.39. The van der Waals surface area contributed by atoms with E-state index in [9.17, 15) is 9.59 Å². The molecule has 0 aliphatic rings. The van der Waals surface area contributed by atoms with Gasteiger partial charge in [-0.15, -0.1) is 0 Å². The third kappa shape index (κ3) is 4.88. The number of pyridine rings is 1. The van der Waals surface area contributed by atoms with Crippen molar-refractivity contribution in [2.24, 2.45) is 0 Å². The van der Waals surface area contributed by atoms with Crippen LogP contribution in [0.5, 0.6) is 5.75 Å². The molecule has 9 heteroatoms. The average Bonchev–Trinajstić information content (AvgIpc) is 3.55. The molecule has 3 aromatic heterocycles. The van der Waals surface area contributed by atoms with Crippen LogP contribution in [0.3, 0.4) is 0 Å². The van der Waals surface area contributed by atoms with E-state index in [0.29, 0.717) is 17.0 Å². The molecule has 0 aliphatic carbocycles. The number of hydrogen-bond donors (Lipinski definition) is 3. The molecule has 35 heavy (non-hydrogen) atoms. The summed E-state index contributed by atoms with van der Waals surface area (Å²) in [4.78, 5) is 29.6. The Kier molecular flexibility index (Phi) is 5.96. The Hall–Kier alpha value is -4.92. The first-order valence-corrected chi connectivity index (χ1v) is 10.9. The maximum absolute atomic E-state index is 12.6. The maximum Gasteiger partial charge on any atom is 0.287 e. The van der Waals surface area contributed by atoms with Crippen molar-refractivity contribution in [2.45, 2.75) is 13.5 Å². The van der Waals surface area contributed by atoms with Crippen LogP contribution in [0, 0.1) is 6.92 Å². The van der Waals surface area contributed by atoms with E-state index in [1.807, 2.05) is 66.2 Å². The molecule has 0 bridgehead atoms. The second-order valence-electron chi connectivity index (χ2n) is 7.91. The predicted molar refractivity (Wildman–Crippen MR) is 130 cm³/mol. The highest BCUT2D eigenvalue weighted by atomic mass is 16.5. The fourth-order valence-electron chi connectivity index (χ4n) is 3.61. The molecule has 174 valence electrons. The summed E-state index contributed by atoms with van der Waals surface area (Å²) in [5.41, 5.74) is 9.61. The summed E-state index contributed by atoms with van der Waals surface area (Å²) >= 11 is 0. The van der Waals surface area contributed by atoms with Crippen LogP contribution in [0.4, 0.5) is 0 Å². The number of hydrogen-bond acceptors (Lipinski definition) is 5. The van der Waals surface area contributed by atoms with Crippen LogP contribution >= 0.6 is 0 Å². The van der Waals surface area contributed by atoms with Crippen molar-refractivity contribution in [3.05, 3.63) is 108 Å². The van der Waals surface area contributed by atoms with Gasteiger partial charge in [-0.05, 0) is 42.8 Å². The molecule has 0 spiro atoms. The summed E-state index contributed by atoms with van der Waals surface area (Å²) in [6, 6.07) is 21.7. The van der Waals surface area contributed by atoms with E-state index in [1.54, 1.807) is 30.3 Å². The number of rotatable bonds is 6. The predicted octanol–water partition coefficient (Wildman–Crippen LogP) is 3.69. The lowest BCUT2D eigenvalue weighted by Gasteiger charge is -2.08. The highest BCUT2D eigenvalue weighted by Crippen LogP contribution is 2.18. The van der Waals surface area contributed by atoms with Gasteiger partial charge in [-0.2, -0.15) is 5.10 Å². The van der Waals surface area contributed by atoms with E-state index >= 15 is 0 Å². The Bertz CT molecular complexity index is 1510. The van der Waals surface area contributed by atoms with Gasteiger partial charge in [-0.1, -0.05) is 42.5 Å². The molecule has 2 amide bonds. The van der Waals surface area contributed by atoms with Crippen molar-refractivity contribution in [1.82, 2.24) is 30.4 Å². The normalized spacial score (nSPS) is 10.8. The van der Waals surface area contributed by atoms with Crippen LogP contribution in [-0.2, 0) is 6.61 Å². The molecule has 0 saturated carbocycles. The first-order valence-electron chi connectivity index (χ1n) is 10.9. The van der Waals surface area contributed by atoms with Gasteiger partial charge in [0.15, 0.2) is 0 Å². The number of benzene rings is 2. The molecule has 0 unspecified atom stereocenters. The van der Waals surface area contributed by atoms with Crippen LogP contribution in [0.1, 0.15) is 32.1 Å². The molecule has 3 heterocycles. The average molecular weight is 467 g/mol. The number of ether oxygens (including phenoxy) is 1. The zero-order chi connectivity index (χ0) is 24.2. The Morgan fingerprint density at radius 1 is 0.971 bits per heavy atom. The van der Waals surface area contributed by atoms with Gasteiger partial charge >= 0.3 is 0 Å². The summed E-state index contributed by atoms with van der Waals surface area (Å²) in [7, 11) is 0. The van der Waals surface area contributed by atoms with E-state index in [4.69, 9.17) is 4.74 Å². The molecule has 9 nitrogen and oxygen atoms in total. The molecule has 0 saturated heterocycles. The number of aryl methyl sites for hydroxylation is 1. The topological polar surface area (TPSA) is 113 Å². The molecule has 3 N–H and O–H groups in total. The van der Waals surface area contributed by atoms with Crippen molar-refractivity contribution < 1.29 is 14.3 Å². The Labute approximate surface area is 200 Å². The molecular weight excluding hydrogens is 444 g/mol. The van der Waals surface area contributed by atoms with E-state index in [0.717, 1.165) is 22.5 Å². The molecular formula is C26H22N6O3. The largest absolute Gasteiger partial charge is 0.487 e. The van der Waals surface area contributed by atoms with E-state index in [1.165, 1.54) is 0 Å². The van der Waals surface area contributed by atoms with E-state index in [2.05, 4.69) is 26.0 Å². The van der Waals surface area contributed by atoms with Crippen molar-refractivity contribution in [3.63, 3.8) is 0 Å². The lowest BCUT2D eigenvalue weighted by atomic mass is 10.1. The number of aromatic amines is 1. The summed E-state index contributed by atoms with van der Waals surface area (Å²) in [5, 5.41) is 6.83. The van der Waals surface area contributed by atoms with Gasteiger partial charge in [0, 0.05) is 23.5 Å². The first kappa shape index (κ1) is 21.9. The fourth-order valence-corrected chi connectivity index (χ4v) is 3.61. The number of fused-ring (bicyclic) bond motifs is 1. The number of hydrazine groups is 1. The van der Waals surface area contributed by atoms with Gasteiger partial charge < -0.3 is 9.14 Å². The molecule has 0 atom stereocenters. The van der Waals surface area contributed by atoms with Crippen LogP contribution in [-0.4, -0.2) is 31.4 Å². The minimum atomic E-state index is -0.512. The standard InChI is InChI=1S/C26H22N6O3/c1-17-7-6-12-32-15-20(27-24(17)32)16-35-21-11-5-10-19(13-21)25(33)30-31-26(34)23-14-22(28-29-23)18-8-3-2-4-9-18/h2-15H,16H2,1H3,(H,28,29)(H,30,33)(H,31,34). The molecule has 0 radical (unpaired) electrons. The van der Waals surface area contributed by atoms with Gasteiger partial charge in [0.2, 0.25) is 0 Å². The third-order valence-corrected chi connectivity index (χ3v) is 5.39. The number of H-pyrrole nitrogens is 1. The summed E-state index contributed by atoms with van der Waals surface area (Å²) < 4.78 is 7.78. The smallest absolute Gasteiger partial charge is 0.287 e. The Balaban J connectivity index is 1.18. The van der Waals surface area contributed by atoms with Gasteiger partial charge in [-0.3, -0.25) is 25.5 Å². The molecule has 5 aromatic rings. The van der Waals surface area contributed by atoms with Crippen molar-refractivity contribution in [2.75, 3.05) is 0 Å². The van der Waals surface area contributed by atoms with Gasteiger partial charge in [-0.25, -0.2) is 4.98 Å². The molecule has 0 fully saturated rings. The van der Waals surface area contributed by atoms with Gasteiger partial charge in [0.05, 0.1) is 11.4 Å². The summed E-state index contributed by atoms with van der Waals surface area (Å²) in [5.74, 6) is -0.476. The minimum absolute atomic E-state index is 0.226. The van der Waals surface area contributed by atoms with Gasteiger partial charge in [0.25, 0.3) is 11.8 Å². The zero-order valence-electron chi connectivity index (χ0n) is 18.9. The highest BCUT2D eigenvalue weighted by Gasteiger charge is 2.13. The number of amides is 2.